The minimum Gasteiger partial charge on any atom is -0.393 e. The molecule has 0 aromatic carbocycles. The number of carbonyl (C=O) groups excluding carboxylic acids is 4. The van der Waals surface area contributed by atoms with E-state index in [1.165, 1.54) is 0 Å². The largest absolute Gasteiger partial charge is 0.393 e. The summed E-state index contributed by atoms with van der Waals surface area (Å²) >= 11 is 0. The van der Waals surface area contributed by atoms with Gasteiger partial charge in [0, 0.05) is 13.2 Å². The third-order valence-electron chi connectivity index (χ3n) is 2.35. The van der Waals surface area contributed by atoms with E-state index in [0.717, 1.165) is 13.2 Å². The first-order valence-electron chi connectivity index (χ1n) is 7.48. The number of hydrogen-bond acceptors (Lipinski definition) is 12. The Morgan fingerprint density at radius 2 is 1.12 bits per heavy atom. The minimum absolute atomic E-state index is 0.844. The van der Waals surface area contributed by atoms with E-state index in [-0.39, 0.29) is 0 Å². The Bertz CT molecular complexity index is 447. The molecule has 0 aromatic rings. The molecule has 0 fully saturated rings. The van der Waals surface area contributed by atoms with E-state index in [1.54, 1.807) is 0 Å². The molecular formula is C14H24O12. The van der Waals surface area contributed by atoms with Gasteiger partial charge >= 0.3 is 23.9 Å². The highest BCUT2D eigenvalue weighted by Gasteiger charge is 2.28. The van der Waals surface area contributed by atoms with Gasteiger partial charge in [0.2, 0.25) is 0 Å². The zero-order chi connectivity index (χ0) is 20.7. The summed E-state index contributed by atoms with van der Waals surface area (Å²) in [4.78, 5) is 44.0. The van der Waals surface area contributed by atoms with Crippen LogP contribution in [0.25, 0.3) is 0 Å². The van der Waals surface area contributed by atoms with Gasteiger partial charge in [0.1, 0.15) is 0 Å². The fourth-order valence-corrected chi connectivity index (χ4v) is 1.05. The van der Waals surface area contributed by atoms with Crippen LogP contribution in [-0.4, -0.2) is 94.1 Å². The summed E-state index contributed by atoms with van der Waals surface area (Å²) in [5.41, 5.74) is 0. The highest BCUT2D eigenvalue weighted by atomic mass is 16.6. The molecule has 0 heterocycles. The molecule has 12 nitrogen and oxygen atoms in total. The Morgan fingerprint density at radius 1 is 0.731 bits per heavy atom. The molecule has 12 heteroatoms. The summed E-state index contributed by atoms with van der Waals surface area (Å²) in [6.45, 7) is 3.65. The third-order valence-corrected chi connectivity index (χ3v) is 2.35. The van der Waals surface area contributed by atoms with E-state index in [0.29, 0.717) is 0 Å². The first kappa shape index (κ1) is 26.3. The number of ether oxygens (including phenoxy) is 3. The van der Waals surface area contributed by atoms with Crippen molar-refractivity contribution in [1.82, 2.24) is 0 Å². The van der Waals surface area contributed by atoms with Gasteiger partial charge in [-0.15, -0.1) is 0 Å². The van der Waals surface area contributed by atoms with Crippen LogP contribution in [0.4, 0.5) is 0 Å². The maximum absolute atomic E-state index is 11.1. The Morgan fingerprint density at radius 3 is 1.46 bits per heavy atom. The molecule has 0 bridgehead atoms. The zero-order valence-corrected chi connectivity index (χ0v) is 14.4. The number of aliphatic hydroxyl groups excluding tert-OH is 5. The SMILES string of the molecule is CCOCC.O=C(CC(O)C(=O)OC(=O)C(O)CO)OC(=O)C(O)CO. The van der Waals surface area contributed by atoms with Gasteiger partial charge in [-0.1, -0.05) is 0 Å². The number of esters is 4. The van der Waals surface area contributed by atoms with Crippen LogP contribution < -0.4 is 0 Å². The lowest BCUT2D eigenvalue weighted by atomic mass is 10.2. The standard InChI is InChI=1S/C10H14O11.C4H10O/c11-2-5(14)9(18)20-7(16)1-4(13)8(17)21-10(19)6(15)3-12;1-3-5-4-2/h4-6,11-15H,1-3H2;3-4H2,1-2H3. The summed E-state index contributed by atoms with van der Waals surface area (Å²) < 4.78 is 12.7. The summed E-state index contributed by atoms with van der Waals surface area (Å²) in [7, 11) is 0. The maximum atomic E-state index is 11.1. The molecule has 3 atom stereocenters. The smallest absolute Gasteiger partial charge is 0.345 e. The molecule has 0 aliphatic heterocycles. The lowest BCUT2D eigenvalue weighted by Crippen LogP contribution is -2.35. The van der Waals surface area contributed by atoms with Crippen molar-refractivity contribution in [3.05, 3.63) is 0 Å². The van der Waals surface area contributed by atoms with Crippen molar-refractivity contribution < 1.29 is 58.9 Å². The highest BCUT2D eigenvalue weighted by molar-refractivity contribution is 5.93. The summed E-state index contributed by atoms with van der Waals surface area (Å²) in [5.74, 6) is -6.07. The third kappa shape index (κ3) is 12.4. The van der Waals surface area contributed by atoms with Crippen LogP contribution in [-0.2, 0) is 33.4 Å². The molecule has 3 unspecified atom stereocenters. The summed E-state index contributed by atoms with van der Waals surface area (Å²) in [6, 6.07) is 0. The van der Waals surface area contributed by atoms with Crippen LogP contribution >= 0.6 is 0 Å². The van der Waals surface area contributed by atoms with Crippen LogP contribution in [0.2, 0.25) is 0 Å². The van der Waals surface area contributed by atoms with E-state index in [2.05, 4.69) is 9.47 Å². The average molecular weight is 384 g/mol. The summed E-state index contributed by atoms with van der Waals surface area (Å²) in [6.07, 6.45) is -7.20. The molecule has 0 rings (SSSR count). The first-order valence-corrected chi connectivity index (χ1v) is 7.48. The number of rotatable bonds is 9. The quantitative estimate of drug-likeness (QED) is 0.196. The fraction of sp³-hybridized carbons (Fsp3) is 0.714. The fourth-order valence-electron chi connectivity index (χ4n) is 1.05. The zero-order valence-electron chi connectivity index (χ0n) is 14.4. The van der Waals surface area contributed by atoms with Crippen molar-refractivity contribution in [3.63, 3.8) is 0 Å². The number of hydrogen-bond donors (Lipinski definition) is 5. The Labute approximate surface area is 148 Å². The van der Waals surface area contributed by atoms with E-state index in [4.69, 9.17) is 25.2 Å². The van der Waals surface area contributed by atoms with Gasteiger partial charge in [-0.3, -0.25) is 4.79 Å². The normalized spacial score (nSPS) is 13.5. The van der Waals surface area contributed by atoms with Crippen LogP contribution in [0, 0.1) is 0 Å². The predicted molar refractivity (Wildman–Crippen MR) is 81.2 cm³/mol. The number of aliphatic hydroxyl groups is 5. The molecule has 0 aliphatic rings. The van der Waals surface area contributed by atoms with Crippen LogP contribution in [0.5, 0.6) is 0 Å². The van der Waals surface area contributed by atoms with E-state index < -0.39 is 61.8 Å². The Kier molecular flexibility index (Phi) is 15.5. The molecule has 0 amide bonds. The summed E-state index contributed by atoms with van der Waals surface area (Å²) in [5, 5.41) is 43.6. The molecule has 0 aromatic heterocycles. The van der Waals surface area contributed by atoms with Gasteiger partial charge in [0.15, 0.2) is 18.3 Å². The van der Waals surface area contributed by atoms with Gasteiger partial charge in [0.25, 0.3) is 0 Å². The topological polar surface area (TPSA) is 197 Å². The molecule has 5 N–H and O–H groups in total. The molecule has 0 saturated carbocycles. The van der Waals surface area contributed by atoms with E-state index in [1.807, 2.05) is 13.8 Å². The molecule has 0 spiro atoms. The second kappa shape index (κ2) is 15.3. The van der Waals surface area contributed by atoms with Crippen LogP contribution in [0.3, 0.4) is 0 Å². The highest BCUT2D eigenvalue weighted by Crippen LogP contribution is 2.01. The molecule has 0 saturated heterocycles. The Hall–Kier alpha value is -1.96. The number of carbonyl (C=O) groups is 4. The van der Waals surface area contributed by atoms with Crippen molar-refractivity contribution in [2.24, 2.45) is 0 Å². The van der Waals surface area contributed by atoms with Crippen molar-refractivity contribution in [2.45, 2.75) is 38.6 Å². The van der Waals surface area contributed by atoms with Gasteiger partial charge < -0.3 is 39.7 Å². The molecule has 152 valence electrons. The second-order valence-corrected chi connectivity index (χ2v) is 4.43. The maximum Gasteiger partial charge on any atom is 0.345 e. The monoisotopic (exact) mass is 384 g/mol. The average Bonchev–Trinajstić information content (AvgIpc) is 2.60. The molecular weight excluding hydrogens is 360 g/mol. The van der Waals surface area contributed by atoms with Crippen molar-refractivity contribution >= 4 is 23.9 Å². The van der Waals surface area contributed by atoms with Crippen molar-refractivity contribution in [2.75, 3.05) is 26.4 Å². The lowest BCUT2D eigenvalue weighted by molar-refractivity contribution is -0.177. The van der Waals surface area contributed by atoms with Gasteiger partial charge in [-0.25, -0.2) is 14.4 Å². The molecule has 0 radical (unpaired) electrons. The first-order chi connectivity index (χ1) is 12.1. The van der Waals surface area contributed by atoms with Crippen LogP contribution in [0.1, 0.15) is 20.3 Å². The van der Waals surface area contributed by atoms with Gasteiger partial charge in [0.05, 0.1) is 19.6 Å². The van der Waals surface area contributed by atoms with Crippen molar-refractivity contribution in [3.8, 4) is 0 Å². The van der Waals surface area contributed by atoms with Gasteiger partial charge in [-0.2, -0.15) is 0 Å². The lowest BCUT2D eigenvalue weighted by Gasteiger charge is -2.11. The predicted octanol–water partition coefficient (Wildman–Crippen LogP) is -3.37. The van der Waals surface area contributed by atoms with E-state index in [9.17, 15) is 24.3 Å². The van der Waals surface area contributed by atoms with Crippen molar-refractivity contribution in [1.29, 1.82) is 0 Å². The van der Waals surface area contributed by atoms with E-state index >= 15 is 0 Å². The van der Waals surface area contributed by atoms with Crippen LogP contribution in [0.15, 0.2) is 0 Å². The minimum atomic E-state index is -2.17. The second-order valence-electron chi connectivity index (χ2n) is 4.43. The Balaban J connectivity index is 0. The molecule has 0 aliphatic carbocycles. The van der Waals surface area contributed by atoms with Gasteiger partial charge in [-0.05, 0) is 13.8 Å². The molecule has 26 heavy (non-hydrogen) atoms.